The normalized spacial score (nSPS) is 12.7. The second-order valence-electron chi connectivity index (χ2n) is 9.28. The van der Waals surface area contributed by atoms with Crippen molar-refractivity contribution >= 4 is 46.2 Å². The molecule has 0 spiro atoms. The van der Waals surface area contributed by atoms with Crippen molar-refractivity contribution in [2.24, 2.45) is 0 Å². The zero-order valence-corrected chi connectivity index (χ0v) is 20.3. The first kappa shape index (κ1) is 21.5. The summed E-state index contributed by atoms with van der Waals surface area (Å²) in [6, 6.07) is 51.3. The topological polar surface area (TPSA) is 19.4 Å². The van der Waals surface area contributed by atoms with Gasteiger partial charge in [-0.2, -0.15) is 0 Å². The lowest BCUT2D eigenvalue weighted by Crippen LogP contribution is -2.54. The number of hydrogen-bond donors (Lipinski definition) is 0. The third-order valence-electron chi connectivity index (χ3n) is 7.06. The largest absolute Gasteiger partial charge is 0.440 e. The maximum Gasteiger partial charge on any atom is 0.440 e. The Kier molecular flexibility index (Phi) is 5.22. The molecule has 0 aliphatic carbocycles. The van der Waals surface area contributed by atoms with E-state index < -0.39 is 0 Å². The van der Waals surface area contributed by atoms with Crippen molar-refractivity contribution in [3.8, 4) is 11.1 Å². The third kappa shape index (κ3) is 3.75. The molecule has 0 amide bonds. The van der Waals surface area contributed by atoms with E-state index in [9.17, 15) is 0 Å². The Labute approximate surface area is 217 Å². The van der Waals surface area contributed by atoms with E-state index in [1.54, 1.807) is 0 Å². The molecule has 37 heavy (non-hydrogen) atoms. The fourth-order valence-electron chi connectivity index (χ4n) is 5.33. The van der Waals surface area contributed by atoms with Crippen LogP contribution in [0, 0.1) is 0 Å². The predicted octanol–water partition coefficient (Wildman–Crippen LogP) is 7.59. The van der Waals surface area contributed by atoms with Gasteiger partial charge in [0.1, 0.15) is 0 Å². The van der Waals surface area contributed by atoms with Crippen LogP contribution in [0.5, 0.6) is 0 Å². The van der Waals surface area contributed by atoms with Crippen molar-refractivity contribution in [1.29, 1.82) is 0 Å². The molecule has 0 saturated carbocycles. The average Bonchev–Trinajstić information content (AvgIpc) is 3.33. The summed E-state index contributed by atoms with van der Waals surface area (Å²) in [6.07, 6.45) is 0. The predicted molar refractivity (Wildman–Crippen MR) is 156 cm³/mol. The van der Waals surface area contributed by atoms with E-state index in [0.29, 0.717) is 0 Å². The van der Waals surface area contributed by atoms with Gasteiger partial charge in [0.15, 0.2) is 0 Å². The fraction of sp³-hybridized carbons (Fsp3) is 0. The van der Waals surface area contributed by atoms with Crippen LogP contribution in [0.1, 0.15) is 0 Å². The molecule has 1 aliphatic rings. The minimum atomic E-state index is -0.132. The van der Waals surface area contributed by atoms with Crippen LogP contribution in [0.25, 0.3) is 22.0 Å². The Morgan fingerprint density at radius 3 is 1.68 bits per heavy atom. The Balaban J connectivity index is 1.41. The van der Waals surface area contributed by atoms with Crippen molar-refractivity contribution in [3.63, 3.8) is 0 Å². The summed E-state index contributed by atoms with van der Waals surface area (Å²) in [5, 5.41) is 1.15. The summed E-state index contributed by atoms with van der Waals surface area (Å²) >= 11 is 0. The highest BCUT2D eigenvalue weighted by Gasteiger charge is 2.44. The first-order valence-corrected chi connectivity index (χ1v) is 12.6. The molecule has 1 aromatic heterocycles. The van der Waals surface area contributed by atoms with E-state index in [0.717, 1.165) is 27.9 Å². The summed E-state index contributed by atoms with van der Waals surface area (Å²) < 4.78 is 0. The SMILES string of the molecule is c1ccc(-c2ccc(N3B(c4ccc5ccccc5n4)N(c4ccccc4)c4ccccc43)cc2)cc1. The molecule has 0 N–H and O–H groups in total. The number of rotatable bonds is 4. The van der Waals surface area contributed by atoms with Crippen LogP contribution in [0.2, 0.25) is 0 Å². The number of aromatic nitrogens is 1. The molecule has 5 aromatic carbocycles. The number of pyridine rings is 1. The highest BCUT2D eigenvalue weighted by Crippen LogP contribution is 2.46. The lowest BCUT2D eigenvalue weighted by Gasteiger charge is -2.29. The monoisotopic (exact) mass is 473 g/mol. The van der Waals surface area contributed by atoms with Gasteiger partial charge in [-0.3, -0.25) is 4.98 Å². The summed E-state index contributed by atoms with van der Waals surface area (Å²) in [7, 11) is 0. The highest BCUT2D eigenvalue weighted by atomic mass is 15.3. The van der Waals surface area contributed by atoms with Gasteiger partial charge in [-0.15, -0.1) is 0 Å². The molecular formula is C33H24BN3. The number of para-hydroxylation sites is 4. The molecule has 0 radical (unpaired) electrons. The summed E-state index contributed by atoms with van der Waals surface area (Å²) in [4.78, 5) is 9.98. The smallest absolute Gasteiger partial charge is 0.359 e. The van der Waals surface area contributed by atoms with Gasteiger partial charge in [0.25, 0.3) is 0 Å². The number of nitrogens with zero attached hydrogens (tertiary/aromatic N) is 3. The Morgan fingerprint density at radius 2 is 0.973 bits per heavy atom. The van der Waals surface area contributed by atoms with Crippen LogP contribution >= 0.6 is 0 Å². The van der Waals surface area contributed by atoms with E-state index in [4.69, 9.17) is 4.98 Å². The van der Waals surface area contributed by atoms with Crippen molar-refractivity contribution in [3.05, 3.63) is 146 Å². The van der Waals surface area contributed by atoms with Crippen LogP contribution in [-0.2, 0) is 0 Å². The average molecular weight is 473 g/mol. The molecule has 3 nitrogen and oxygen atoms in total. The third-order valence-corrected chi connectivity index (χ3v) is 7.06. The van der Waals surface area contributed by atoms with Gasteiger partial charge < -0.3 is 9.62 Å². The molecule has 0 atom stereocenters. The number of anilines is 4. The molecule has 0 unspecified atom stereocenters. The molecule has 2 heterocycles. The van der Waals surface area contributed by atoms with Gasteiger partial charge in [-0.1, -0.05) is 97.1 Å². The number of fused-ring (bicyclic) bond motifs is 2. The fourth-order valence-corrected chi connectivity index (χ4v) is 5.33. The minimum Gasteiger partial charge on any atom is -0.359 e. The Bertz CT molecular complexity index is 1680. The molecule has 6 aromatic rings. The zero-order valence-electron chi connectivity index (χ0n) is 20.3. The number of benzene rings is 5. The van der Waals surface area contributed by atoms with Gasteiger partial charge in [0, 0.05) is 16.8 Å². The molecule has 0 bridgehead atoms. The van der Waals surface area contributed by atoms with Crippen molar-refractivity contribution < 1.29 is 0 Å². The molecular weight excluding hydrogens is 449 g/mol. The maximum atomic E-state index is 5.17. The summed E-state index contributed by atoms with van der Waals surface area (Å²) in [5.41, 5.74) is 9.03. The summed E-state index contributed by atoms with van der Waals surface area (Å²) in [5.74, 6) is 0. The van der Waals surface area contributed by atoms with Crippen molar-refractivity contribution in [2.45, 2.75) is 0 Å². The van der Waals surface area contributed by atoms with Crippen molar-refractivity contribution in [1.82, 2.24) is 4.98 Å². The van der Waals surface area contributed by atoms with Gasteiger partial charge in [-0.25, -0.2) is 0 Å². The second kappa shape index (κ2) is 9.00. The first-order valence-electron chi connectivity index (χ1n) is 12.6. The van der Waals surface area contributed by atoms with E-state index in [1.807, 2.05) is 0 Å². The van der Waals surface area contributed by atoms with E-state index in [-0.39, 0.29) is 6.98 Å². The quantitative estimate of drug-likeness (QED) is 0.246. The van der Waals surface area contributed by atoms with Crippen LogP contribution < -0.4 is 15.2 Å². The van der Waals surface area contributed by atoms with Gasteiger partial charge >= 0.3 is 6.98 Å². The van der Waals surface area contributed by atoms with E-state index in [2.05, 4.69) is 155 Å². The first-order chi connectivity index (χ1) is 18.4. The van der Waals surface area contributed by atoms with Crippen LogP contribution in [0.3, 0.4) is 0 Å². The van der Waals surface area contributed by atoms with Gasteiger partial charge in [0.05, 0.1) is 22.5 Å². The Hall–Kier alpha value is -4.83. The zero-order chi connectivity index (χ0) is 24.6. The minimum absolute atomic E-state index is 0.132. The molecule has 7 rings (SSSR count). The Morgan fingerprint density at radius 1 is 0.432 bits per heavy atom. The van der Waals surface area contributed by atoms with E-state index >= 15 is 0 Å². The number of hydrogen-bond acceptors (Lipinski definition) is 3. The maximum absolute atomic E-state index is 5.17. The highest BCUT2D eigenvalue weighted by molar-refractivity contribution is 6.83. The van der Waals surface area contributed by atoms with Gasteiger partial charge in [0.2, 0.25) is 0 Å². The van der Waals surface area contributed by atoms with Crippen LogP contribution in [-0.4, -0.2) is 12.0 Å². The van der Waals surface area contributed by atoms with Crippen molar-refractivity contribution in [2.75, 3.05) is 9.62 Å². The molecule has 0 saturated heterocycles. The van der Waals surface area contributed by atoms with Crippen LogP contribution in [0.15, 0.2) is 146 Å². The standard InChI is InChI=1S/C33H24BN3/c1-3-11-25(12-4-1)26-19-22-29(23-20-26)37-32-18-10-9-17-31(32)36(28-14-5-2-6-15-28)34(37)33-24-21-27-13-7-8-16-30(27)35-33/h1-24H. The van der Waals surface area contributed by atoms with E-state index in [1.165, 1.54) is 22.5 Å². The van der Waals surface area contributed by atoms with Gasteiger partial charge in [-0.05, 0) is 59.7 Å². The molecule has 4 heteroatoms. The van der Waals surface area contributed by atoms with Crippen LogP contribution in [0.4, 0.5) is 22.7 Å². The lowest BCUT2D eigenvalue weighted by molar-refractivity contribution is 1.36. The molecule has 0 fully saturated rings. The lowest BCUT2D eigenvalue weighted by atomic mass is 9.67. The summed E-state index contributed by atoms with van der Waals surface area (Å²) in [6.45, 7) is -0.132. The molecule has 174 valence electrons. The molecule has 1 aliphatic heterocycles. The second-order valence-corrected chi connectivity index (χ2v) is 9.28.